The number of rotatable bonds is 1. The molecular formula is C4H8BNO. The van der Waals surface area contributed by atoms with E-state index in [4.69, 9.17) is 13.0 Å². The summed E-state index contributed by atoms with van der Waals surface area (Å²) in [5, 5.41) is 11.1. The quantitative estimate of drug-likeness (QED) is 0.359. The first-order valence-electron chi connectivity index (χ1n) is 2.01. The molecule has 0 amide bonds. The summed E-state index contributed by atoms with van der Waals surface area (Å²) in [5.41, 5.74) is 0.319. The number of hydrogen-bond donors (Lipinski definition) is 2. The number of nitrogens with one attached hydrogen (secondary N) is 1. The molecule has 0 fully saturated rings. The predicted octanol–water partition coefficient (Wildman–Crippen LogP) is 0.121. The molecule has 0 rings (SSSR count). The SMILES string of the molecule is [B]/C(NC)=C(/C)O. The highest BCUT2D eigenvalue weighted by Crippen LogP contribution is 1.86. The Morgan fingerprint density at radius 3 is 2.14 bits per heavy atom. The van der Waals surface area contributed by atoms with Gasteiger partial charge in [0.2, 0.25) is 0 Å². The van der Waals surface area contributed by atoms with Gasteiger partial charge in [-0.25, -0.2) is 0 Å². The van der Waals surface area contributed by atoms with Crippen LogP contribution in [0, 0.1) is 0 Å². The third-order valence-electron chi connectivity index (χ3n) is 0.659. The third-order valence-corrected chi connectivity index (χ3v) is 0.659. The van der Waals surface area contributed by atoms with Crippen LogP contribution in [0.15, 0.2) is 11.4 Å². The first kappa shape index (κ1) is 6.40. The van der Waals surface area contributed by atoms with E-state index in [1.54, 1.807) is 7.05 Å². The van der Waals surface area contributed by atoms with E-state index in [0.717, 1.165) is 0 Å². The minimum atomic E-state index is 0.127. The smallest absolute Gasteiger partial charge is 0.142 e. The second-order valence-electron chi connectivity index (χ2n) is 1.25. The van der Waals surface area contributed by atoms with Crippen molar-refractivity contribution in [3.8, 4) is 0 Å². The van der Waals surface area contributed by atoms with Gasteiger partial charge in [-0.05, 0) is 12.5 Å². The molecule has 2 N–H and O–H groups in total. The van der Waals surface area contributed by atoms with Crippen molar-refractivity contribution in [2.45, 2.75) is 6.92 Å². The van der Waals surface area contributed by atoms with Gasteiger partial charge in [-0.2, -0.15) is 0 Å². The third kappa shape index (κ3) is 2.14. The van der Waals surface area contributed by atoms with Crippen LogP contribution in [0.5, 0.6) is 0 Å². The maximum Gasteiger partial charge on any atom is 0.142 e. The van der Waals surface area contributed by atoms with Crippen LogP contribution in [-0.2, 0) is 0 Å². The summed E-state index contributed by atoms with van der Waals surface area (Å²) >= 11 is 0. The standard InChI is InChI=1S/C4H8BNO/c1-3(7)4(5)6-2/h6-7H,1-2H3/b4-3+. The summed E-state index contributed by atoms with van der Waals surface area (Å²) in [7, 11) is 6.78. The van der Waals surface area contributed by atoms with Crippen LogP contribution in [-0.4, -0.2) is 20.0 Å². The maximum atomic E-state index is 8.51. The number of allylic oxidation sites excluding steroid dienone is 1. The molecule has 0 aromatic rings. The minimum Gasteiger partial charge on any atom is -0.512 e. The van der Waals surface area contributed by atoms with Gasteiger partial charge in [0.05, 0.1) is 5.76 Å². The lowest BCUT2D eigenvalue weighted by molar-refractivity contribution is 0.407. The Morgan fingerprint density at radius 1 is 1.71 bits per heavy atom. The Kier molecular flexibility index (Phi) is 2.34. The van der Waals surface area contributed by atoms with Gasteiger partial charge in [-0.1, -0.05) is 0 Å². The normalized spacial score (nSPS) is 12.9. The second kappa shape index (κ2) is 2.56. The Balaban J connectivity index is 3.72. The van der Waals surface area contributed by atoms with E-state index in [2.05, 4.69) is 5.32 Å². The molecule has 2 nitrogen and oxygen atoms in total. The van der Waals surface area contributed by atoms with Crippen molar-refractivity contribution >= 4 is 7.85 Å². The monoisotopic (exact) mass is 97.1 g/mol. The molecule has 0 spiro atoms. The fourth-order valence-corrected chi connectivity index (χ4v) is 0.181. The van der Waals surface area contributed by atoms with Crippen LogP contribution < -0.4 is 5.32 Å². The summed E-state index contributed by atoms with van der Waals surface area (Å²) in [6.45, 7) is 1.52. The Morgan fingerprint density at radius 2 is 2.14 bits per heavy atom. The largest absolute Gasteiger partial charge is 0.512 e. The van der Waals surface area contributed by atoms with E-state index in [9.17, 15) is 0 Å². The highest BCUT2D eigenvalue weighted by molar-refractivity contribution is 6.21. The molecule has 0 unspecified atom stereocenters. The summed E-state index contributed by atoms with van der Waals surface area (Å²) in [5.74, 6) is 0.127. The van der Waals surface area contributed by atoms with Crippen molar-refractivity contribution in [2.75, 3.05) is 7.05 Å². The predicted molar refractivity (Wildman–Crippen MR) is 30.1 cm³/mol. The lowest BCUT2D eigenvalue weighted by Gasteiger charge is -1.98. The van der Waals surface area contributed by atoms with Gasteiger partial charge >= 0.3 is 0 Å². The zero-order valence-electron chi connectivity index (χ0n) is 4.52. The van der Waals surface area contributed by atoms with Gasteiger partial charge in [0.15, 0.2) is 0 Å². The zero-order valence-corrected chi connectivity index (χ0v) is 4.52. The summed E-state index contributed by atoms with van der Waals surface area (Å²) in [6.07, 6.45) is 0. The lowest BCUT2D eigenvalue weighted by atomic mass is 10.0. The van der Waals surface area contributed by atoms with Crippen LogP contribution in [0.25, 0.3) is 0 Å². The van der Waals surface area contributed by atoms with Gasteiger partial charge in [0.25, 0.3) is 0 Å². The Bertz CT molecular complexity index is 85.7. The van der Waals surface area contributed by atoms with E-state index >= 15 is 0 Å². The van der Waals surface area contributed by atoms with Crippen molar-refractivity contribution in [3.63, 3.8) is 0 Å². The van der Waals surface area contributed by atoms with Crippen LogP contribution in [0.3, 0.4) is 0 Å². The summed E-state index contributed by atoms with van der Waals surface area (Å²) in [4.78, 5) is 0. The molecular weight excluding hydrogens is 88.9 g/mol. The molecule has 0 atom stereocenters. The fraction of sp³-hybridized carbons (Fsp3) is 0.500. The van der Waals surface area contributed by atoms with Crippen LogP contribution in [0.1, 0.15) is 6.92 Å². The Labute approximate surface area is 44.6 Å². The first-order valence-corrected chi connectivity index (χ1v) is 2.01. The number of aliphatic hydroxyl groups excluding tert-OH is 1. The van der Waals surface area contributed by atoms with Crippen LogP contribution >= 0.6 is 0 Å². The molecule has 0 aliphatic heterocycles. The van der Waals surface area contributed by atoms with E-state index in [-0.39, 0.29) is 5.76 Å². The molecule has 0 heterocycles. The molecule has 0 bridgehead atoms. The molecule has 0 aliphatic rings. The van der Waals surface area contributed by atoms with Gasteiger partial charge in [-0.15, -0.1) is 0 Å². The van der Waals surface area contributed by atoms with Crippen LogP contribution in [0.2, 0.25) is 0 Å². The Hall–Kier alpha value is -0.595. The van der Waals surface area contributed by atoms with Gasteiger partial charge < -0.3 is 10.4 Å². The van der Waals surface area contributed by atoms with Crippen molar-refractivity contribution in [3.05, 3.63) is 11.4 Å². The van der Waals surface area contributed by atoms with E-state index in [1.807, 2.05) is 0 Å². The van der Waals surface area contributed by atoms with Gasteiger partial charge in [0, 0.05) is 7.05 Å². The average Bonchev–Trinajstić information content (AvgIpc) is 1.65. The molecule has 0 aromatic heterocycles. The van der Waals surface area contributed by atoms with E-state index < -0.39 is 0 Å². The van der Waals surface area contributed by atoms with Gasteiger partial charge in [-0.3, -0.25) is 0 Å². The molecule has 0 aliphatic carbocycles. The zero-order chi connectivity index (χ0) is 5.86. The molecule has 0 aromatic carbocycles. The molecule has 0 saturated heterocycles. The highest BCUT2D eigenvalue weighted by Gasteiger charge is 1.84. The van der Waals surface area contributed by atoms with E-state index in [1.165, 1.54) is 6.92 Å². The number of aliphatic hydroxyl groups is 1. The average molecular weight is 96.9 g/mol. The van der Waals surface area contributed by atoms with Crippen molar-refractivity contribution in [2.24, 2.45) is 0 Å². The number of hydrogen-bond acceptors (Lipinski definition) is 2. The minimum absolute atomic E-state index is 0.127. The lowest BCUT2D eigenvalue weighted by Crippen LogP contribution is -2.07. The second-order valence-corrected chi connectivity index (χ2v) is 1.25. The first-order chi connectivity index (χ1) is 3.18. The van der Waals surface area contributed by atoms with Gasteiger partial charge in [0.1, 0.15) is 7.85 Å². The molecule has 2 radical (unpaired) electrons. The maximum absolute atomic E-state index is 8.51. The van der Waals surface area contributed by atoms with Crippen molar-refractivity contribution in [1.29, 1.82) is 0 Å². The molecule has 3 heteroatoms. The van der Waals surface area contributed by atoms with Crippen molar-refractivity contribution in [1.82, 2.24) is 5.32 Å². The van der Waals surface area contributed by atoms with Crippen LogP contribution in [0.4, 0.5) is 0 Å². The summed E-state index contributed by atoms with van der Waals surface area (Å²) < 4.78 is 0. The topological polar surface area (TPSA) is 32.3 Å². The molecule has 7 heavy (non-hydrogen) atoms. The summed E-state index contributed by atoms with van der Waals surface area (Å²) in [6, 6.07) is 0. The highest BCUT2D eigenvalue weighted by atomic mass is 16.3. The molecule has 38 valence electrons. The van der Waals surface area contributed by atoms with E-state index in [0.29, 0.717) is 5.60 Å². The fourth-order valence-electron chi connectivity index (χ4n) is 0.181. The molecule has 0 saturated carbocycles. The van der Waals surface area contributed by atoms with Crippen molar-refractivity contribution < 1.29 is 5.11 Å².